The molecular weight excluding hydrogens is 339 g/mol. The fourth-order valence-corrected chi connectivity index (χ4v) is 3.79. The summed E-state index contributed by atoms with van der Waals surface area (Å²) < 4.78 is 0. The smallest absolute Gasteiger partial charge is 0.241 e. The van der Waals surface area contributed by atoms with E-state index in [1.165, 1.54) is 0 Å². The van der Waals surface area contributed by atoms with Crippen molar-refractivity contribution in [3.63, 3.8) is 0 Å². The molecule has 0 spiro atoms. The maximum absolute atomic E-state index is 12.8. The van der Waals surface area contributed by atoms with Crippen molar-refractivity contribution in [1.29, 1.82) is 0 Å². The first kappa shape index (κ1) is 20.5. The minimum absolute atomic E-state index is 0. The zero-order valence-electron chi connectivity index (χ0n) is 13.7. The Morgan fingerprint density at radius 2 is 1.78 bits per heavy atom. The summed E-state index contributed by atoms with van der Waals surface area (Å²) in [4.78, 5) is 30.5. The Bertz CT molecular complexity index is 418. The number of nitrogens with one attached hydrogen (secondary N) is 1. The summed E-state index contributed by atoms with van der Waals surface area (Å²) in [5, 5.41) is 3.38. The lowest BCUT2D eigenvalue weighted by atomic mass is 10.0. The van der Waals surface area contributed by atoms with E-state index in [1.54, 1.807) is 16.8 Å². The molecule has 3 aliphatic rings. The molecule has 3 fully saturated rings. The second-order valence-corrected chi connectivity index (χ2v) is 6.45. The van der Waals surface area contributed by atoms with Crippen molar-refractivity contribution in [3.8, 4) is 0 Å². The van der Waals surface area contributed by atoms with Crippen LogP contribution < -0.4 is 5.32 Å². The van der Waals surface area contributed by atoms with Crippen molar-refractivity contribution in [3.05, 3.63) is 0 Å². The predicted molar refractivity (Wildman–Crippen MR) is 94.3 cm³/mol. The van der Waals surface area contributed by atoms with Gasteiger partial charge in [-0.15, -0.1) is 24.8 Å². The molecule has 23 heavy (non-hydrogen) atoms. The SMILES string of the molecule is CN1CCN(C(=O)[C@@H]2CCCN2C2CCNCC2)CC1=O.Cl.Cl. The molecule has 0 aliphatic carbocycles. The predicted octanol–water partition coefficient (Wildman–Crippen LogP) is 0.347. The van der Waals surface area contributed by atoms with Crippen LogP contribution in [0.15, 0.2) is 0 Å². The van der Waals surface area contributed by atoms with Gasteiger partial charge in [0.1, 0.15) is 0 Å². The molecule has 8 heteroatoms. The van der Waals surface area contributed by atoms with E-state index in [-0.39, 0.29) is 49.2 Å². The number of likely N-dealkylation sites (N-methyl/N-ethyl adjacent to an activating group) is 1. The van der Waals surface area contributed by atoms with Gasteiger partial charge in [-0.3, -0.25) is 14.5 Å². The molecule has 1 N–H and O–H groups in total. The lowest BCUT2D eigenvalue weighted by Gasteiger charge is -2.39. The molecule has 3 saturated heterocycles. The van der Waals surface area contributed by atoms with Gasteiger partial charge in [0.2, 0.25) is 11.8 Å². The van der Waals surface area contributed by atoms with Crippen molar-refractivity contribution < 1.29 is 9.59 Å². The highest BCUT2D eigenvalue weighted by molar-refractivity contribution is 5.88. The minimum Gasteiger partial charge on any atom is -0.342 e. The maximum atomic E-state index is 12.8. The molecule has 0 unspecified atom stereocenters. The molecule has 134 valence electrons. The Hall–Kier alpha value is -0.560. The number of nitrogens with zero attached hydrogens (tertiary/aromatic N) is 3. The Morgan fingerprint density at radius 3 is 2.43 bits per heavy atom. The summed E-state index contributed by atoms with van der Waals surface area (Å²) in [6, 6.07) is 0.537. The van der Waals surface area contributed by atoms with Crippen molar-refractivity contribution in [2.45, 2.75) is 37.8 Å². The molecule has 1 atom stereocenters. The molecule has 3 heterocycles. The van der Waals surface area contributed by atoms with Crippen LogP contribution in [0.4, 0.5) is 0 Å². The van der Waals surface area contributed by atoms with Gasteiger partial charge in [0, 0.05) is 26.2 Å². The van der Waals surface area contributed by atoms with Crippen LogP contribution in [0, 0.1) is 0 Å². The van der Waals surface area contributed by atoms with Crippen LogP contribution in [0.5, 0.6) is 0 Å². The number of amides is 2. The van der Waals surface area contributed by atoms with Crippen LogP contribution in [0.3, 0.4) is 0 Å². The third kappa shape index (κ3) is 4.50. The minimum atomic E-state index is 0. The molecule has 0 aromatic rings. The van der Waals surface area contributed by atoms with Crippen molar-refractivity contribution in [2.24, 2.45) is 0 Å². The van der Waals surface area contributed by atoms with Crippen LogP contribution >= 0.6 is 24.8 Å². The summed E-state index contributed by atoms with van der Waals surface area (Å²) in [6.45, 7) is 4.72. The standard InChI is InChI=1S/C15H26N4O2.2ClH/c1-17-9-10-18(11-14(17)20)15(21)13-3-2-8-19(13)12-4-6-16-7-5-12;;/h12-13,16H,2-11H2,1H3;2*1H/t13-;;/m0../s1. The highest BCUT2D eigenvalue weighted by atomic mass is 35.5. The molecule has 0 aromatic carbocycles. The third-order valence-corrected chi connectivity index (χ3v) is 5.13. The number of halogens is 2. The normalized spacial score (nSPS) is 26.7. The molecular formula is C15H28Cl2N4O2. The van der Waals surface area contributed by atoms with Crippen LogP contribution in [0.25, 0.3) is 0 Å². The summed E-state index contributed by atoms with van der Waals surface area (Å²) >= 11 is 0. The van der Waals surface area contributed by atoms with E-state index in [0.29, 0.717) is 19.1 Å². The van der Waals surface area contributed by atoms with E-state index in [4.69, 9.17) is 0 Å². The first-order valence-corrected chi connectivity index (χ1v) is 8.16. The number of hydrogen-bond acceptors (Lipinski definition) is 4. The highest BCUT2D eigenvalue weighted by Crippen LogP contribution is 2.26. The number of rotatable bonds is 2. The van der Waals surface area contributed by atoms with E-state index in [9.17, 15) is 9.59 Å². The zero-order chi connectivity index (χ0) is 14.8. The Labute approximate surface area is 150 Å². The number of likely N-dealkylation sites (tertiary alicyclic amines) is 1. The van der Waals surface area contributed by atoms with E-state index in [2.05, 4.69) is 10.2 Å². The highest BCUT2D eigenvalue weighted by Gasteiger charge is 2.39. The van der Waals surface area contributed by atoms with Gasteiger partial charge >= 0.3 is 0 Å². The topological polar surface area (TPSA) is 55.9 Å². The second-order valence-electron chi connectivity index (χ2n) is 6.45. The Balaban J connectivity index is 0.00000132. The molecule has 0 saturated carbocycles. The number of piperidine rings is 1. The number of carbonyl (C=O) groups excluding carboxylic acids is 2. The van der Waals surface area contributed by atoms with Gasteiger partial charge in [0.05, 0.1) is 12.6 Å². The van der Waals surface area contributed by atoms with Gasteiger partial charge in [-0.25, -0.2) is 0 Å². The van der Waals surface area contributed by atoms with Gasteiger partial charge < -0.3 is 15.1 Å². The zero-order valence-corrected chi connectivity index (χ0v) is 15.3. The molecule has 3 aliphatic heterocycles. The fourth-order valence-electron chi connectivity index (χ4n) is 3.79. The van der Waals surface area contributed by atoms with Crippen molar-refractivity contribution in [1.82, 2.24) is 20.0 Å². The van der Waals surface area contributed by atoms with E-state index in [1.807, 2.05) is 0 Å². The van der Waals surface area contributed by atoms with Gasteiger partial charge in [-0.05, 0) is 45.3 Å². The summed E-state index contributed by atoms with van der Waals surface area (Å²) in [5.74, 6) is 0.230. The lowest BCUT2D eigenvalue weighted by Crippen LogP contribution is -2.56. The number of carbonyl (C=O) groups is 2. The number of hydrogen-bond donors (Lipinski definition) is 1. The lowest BCUT2D eigenvalue weighted by molar-refractivity contribution is -0.147. The number of piperazine rings is 1. The quantitative estimate of drug-likeness (QED) is 0.765. The Morgan fingerprint density at radius 1 is 1.09 bits per heavy atom. The summed E-state index contributed by atoms with van der Waals surface area (Å²) in [7, 11) is 1.81. The molecule has 3 rings (SSSR count). The maximum Gasteiger partial charge on any atom is 0.241 e. The van der Waals surface area contributed by atoms with Crippen LogP contribution in [-0.2, 0) is 9.59 Å². The first-order valence-electron chi connectivity index (χ1n) is 8.16. The third-order valence-electron chi connectivity index (χ3n) is 5.13. The largest absolute Gasteiger partial charge is 0.342 e. The van der Waals surface area contributed by atoms with Crippen LogP contribution in [0.1, 0.15) is 25.7 Å². The summed E-state index contributed by atoms with van der Waals surface area (Å²) in [5.41, 5.74) is 0. The van der Waals surface area contributed by atoms with E-state index in [0.717, 1.165) is 45.3 Å². The molecule has 0 radical (unpaired) electrons. The van der Waals surface area contributed by atoms with Crippen LogP contribution in [0.2, 0.25) is 0 Å². The molecule has 0 bridgehead atoms. The Kier molecular flexibility index (Phi) is 8.07. The molecule has 2 amide bonds. The monoisotopic (exact) mass is 366 g/mol. The van der Waals surface area contributed by atoms with Crippen molar-refractivity contribution >= 4 is 36.6 Å². The van der Waals surface area contributed by atoms with Gasteiger partial charge in [-0.1, -0.05) is 0 Å². The summed E-state index contributed by atoms with van der Waals surface area (Å²) in [6.07, 6.45) is 4.31. The van der Waals surface area contributed by atoms with E-state index >= 15 is 0 Å². The van der Waals surface area contributed by atoms with E-state index < -0.39 is 0 Å². The average molecular weight is 367 g/mol. The van der Waals surface area contributed by atoms with Gasteiger partial charge in [0.25, 0.3) is 0 Å². The average Bonchev–Trinajstić information content (AvgIpc) is 2.99. The van der Waals surface area contributed by atoms with Gasteiger partial charge in [-0.2, -0.15) is 0 Å². The second kappa shape index (κ2) is 9.06. The molecule has 6 nitrogen and oxygen atoms in total. The first-order chi connectivity index (χ1) is 10.2. The van der Waals surface area contributed by atoms with Gasteiger partial charge in [0.15, 0.2) is 0 Å². The van der Waals surface area contributed by atoms with Crippen molar-refractivity contribution in [2.75, 3.05) is 46.3 Å². The van der Waals surface area contributed by atoms with Crippen LogP contribution in [-0.4, -0.2) is 84.9 Å². The fraction of sp³-hybridized carbons (Fsp3) is 0.867. The molecule has 0 aromatic heterocycles.